The molecule has 4 nitrogen and oxygen atoms in total. The fraction of sp³-hybridized carbons (Fsp3) is 0.800. The van der Waals surface area contributed by atoms with Crippen LogP contribution in [0, 0.1) is 0 Å². The molecule has 1 saturated heterocycles. The van der Waals surface area contributed by atoms with E-state index < -0.39 is 11.9 Å². The van der Waals surface area contributed by atoms with Crippen molar-refractivity contribution >= 4 is 11.9 Å². The molecule has 4 heteroatoms. The molecular formula is C10H16O4. The quantitative estimate of drug-likeness (QED) is 0.438. The van der Waals surface area contributed by atoms with Crippen molar-refractivity contribution in [2.24, 2.45) is 0 Å². The first-order valence-electron chi connectivity index (χ1n) is 5.14. The Labute approximate surface area is 83.6 Å². The van der Waals surface area contributed by atoms with E-state index in [0.717, 1.165) is 38.5 Å². The summed E-state index contributed by atoms with van der Waals surface area (Å²) in [5.74, 6) is -1.71. The molecule has 1 aliphatic rings. The number of hydrogen-bond acceptors (Lipinski definition) is 4. The minimum atomic E-state index is -0.856. The Hall–Kier alpha value is -1.06. The Bertz CT molecular complexity index is 178. The second-order valence-electron chi connectivity index (χ2n) is 3.39. The highest BCUT2D eigenvalue weighted by atomic mass is 16.6. The summed E-state index contributed by atoms with van der Waals surface area (Å²) in [6, 6.07) is 0. The van der Waals surface area contributed by atoms with Crippen molar-refractivity contribution in [2.75, 3.05) is 13.2 Å². The summed E-state index contributed by atoms with van der Waals surface area (Å²) in [5, 5.41) is 0. The first-order valence-corrected chi connectivity index (χ1v) is 5.14. The van der Waals surface area contributed by atoms with E-state index in [1.165, 1.54) is 0 Å². The van der Waals surface area contributed by atoms with Crippen molar-refractivity contribution in [3.63, 3.8) is 0 Å². The number of rotatable bonds is 0. The van der Waals surface area contributed by atoms with Crippen molar-refractivity contribution < 1.29 is 19.1 Å². The van der Waals surface area contributed by atoms with Crippen LogP contribution in [0.3, 0.4) is 0 Å². The van der Waals surface area contributed by atoms with Gasteiger partial charge in [-0.3, -0.25) is 0 Å². The van der Waals surface area contributed by atoms with Crippen LogP contribution < -0.4 is 0 Å². The molecule has 0 aromatic rings. The van der Waals surface area contributed by atoms with Crippen LogP contribution in [0.2, 0.25) is 0 Å². The lowest BCUT2D eigenvalue weighted by molar-refractivity contribution is -0.167. The molecule has 0 aromatic carbocycles. The molecule has 0 aromatic heterocycles. The summed E-state index contributed by atoms with van der Waals surface area (Å²) in [7, 11) is 0. The predicted octanol–water partition coefficient (Wildman–Crippen LogP) is 1.43. The van der Waals surface area contributed by atoms with Gasteiger partial charge in [0.1, 0.15) is 0 Å². The maximum absolute atomic E-state index is 10.9. The molecule has 0 aliphatic carbocycles. The van der Waals surface area contributed by atoms with Crippen molar-refractivity contribution in [1.82, 2.24) is 0 Å². The molecule has 0 unspecified atom stereocenters. The third-order valence-electron chi connectivity index (χ3n) is 2.17. The van der Waals surface area contributed by atoms with Gasteiger partial charge in [0.15, 0.2) is 0 Å². The van der Waals surface area contributed by atoms with Crippen molar-refractivity contribution in [3.8, 4) is 0 Å². The zero-order valence-corrected chi connectivity index (χ0v) is 8.29. The van der Waals surface area contributed by atoms with Crippen LogP contribution >= 0.6 is 0 Å². The van der Waals surface area contributed by atoms with Crippen LogP contribution in [-0.4, -0.2) is 25.2 Å². The monoisotopic (exact) mass is 200 g/mol. The molecule has 0 N–H and O–H groups in total. The fourth-order valence-electron chi connectivity index (χ4n) is 1.36. The number of carbonyl (C=O) groups excluding carboxylic acids is 2. The second kappa shape index (κ2) is 6.40. The van der Waals surface area contributed by atoms with Gasteiger partial charge in [-0.2, -0.15) is 0 Å². The van der Waals surface area contributed by atoms with E-state index in [4.69, 9.17) is 9.47 Å². The molecule has 1 rings (SSSR count). The van der Waals surface area contributed by atoms with E-state index in [-0.39, 0.29) is 0 Å². The van der Waals surface area contributed by atoms with E-state index >= 15 is 0 Å². The average molecular weight is 200 g/mol. The smallest absolute Gasteiger partial charge is 0.417 e. The van der Waals surface area contributed by atoms with Crippen LogP contribution in [0.15, 0.2) is 0 Å². The third-order valence-corrected chi connectivity index (χ3v) is 2.17. The molecular weight excluding hydrogens is 184 g/mol. The van der Waals surface area contributed by atoms with E-state index in [0.29, 0.717) is 13.2 Å². The van der Waals surface area contributed by atoms with Crippen molar-refractivity contribution in [3.05, 3.63) is 0 Å². The first-order chi connectivity index (χ1) is 6.80. The highest BCUT2D eigenvalue weighted by Crippen LogP contribution is 2.07. The highest BCUT2D eigenvalue weighted by molar-refractivity contribution is 6.29. The van der Waals surface area contributed by atoms with Crippen LogP contribution in [0.5, 0.6) is 0 Å². The molecule has 14 heavy (non-hydrogen) atoms. The number of esters is 2. The molecule has 0 amide bonds. The Morgan fingerprint density at radius 1 is 0.643 bits per heavy atom. The van der Waals surface area contributed by atoms with Gasteiger partial charge in [-0.15, -0.1) is 0 Å². The Balaban J connectivity index is 2.31. The van der Waals surface area contributed by atoms with Gasteiger partial charge < -0.3 is 9.47 Å². The predicted molar refractivity (Wildman–Crippen MR) is 49.6 cm³/mol. The van der Waals surface area contributed by atoms with Gasteiger partial charge in [-0.25, -0.2) is 9.59 Å². The van der Waals surface area contributed by atoms with Crippen LogP contribution in [-0.2, 0) is 19.1 Å². The zero-order valence-electron chi connectivity index (χ0n) is 8.29. The van der Waals surface area contributed by atoms with E-state index in [1.807, 2.05) is 0 Å². The van der Waals surface area contributed by atoms with Gasteiger partial charge in [0.25, 0.3) is 0 Å². The Kier molecular flexibility index (Phi) is 5.04. The van der Waals surface area contributed by atoms with Crippen LogP contribution in [0.4, 0.5) is 0 Å². The molecule has 1 fully saturated rings. The lowest BCUT2D eigenvalue weighted by Gasteiger charge is -2.07. The zero-order chi connectivity index (χ0) is 10.2. The summed E-state index contributed by atoms with van der Waals surface area (Å²) in [6.45, 7) is 0.655. The Morgan fingerprint density at radius 3 is 1.43 bits per heavy atom. The minimum Gasteiger partial charge on any atom is -0.457 e. The molecule has 1 heterocycles. The molecule has 0 saturated carbocycles. The van der Waals surface area contributed by atoms with Crippen LogP contribution in [0.25, 0.3) is 0 Å². The summed E-state index contributed by atoms with van der Waals surface area (Å²) in [6.07, 6.45) is 6.10. The van der Waals surface area contributed by atoms with Gasteiger partial charge in [-0.05, 0) is 12.8 Å². The molecule has 0 bridgehead atoms. The standard InChI is InChI=1S/C10H16O4/c11-9-10(12)14-8-6-4-2-1-3-5-7-13-9/h1-8H2. The number of cyclic esters (lactones) is 2. The fourth-order valence-corrected chi connectivity index (χ4v) is 1.36. The van der Waals surface area contributed by atoms with E-state index in [1.54, 1.807) is 0 Å². The van der Waals surface area contributed by atoms with Crippen molar-refractivity contribution in [1.29, 1.82) is 0 Å². The third kappa shape index (κ3) is 4.25. The maximum Gasteiger partial charge on any atom is 0.417 e. The molecule has 0 atom stereocenters. The Morgan fingerprint density at radius 2 is 1.00 bits per heavy atom. The molecule has 0 radical (unpaired) electrons. The van der Waals surface area contributed by atoms with E-state index in [9.17, 15) is 9.59 Å². The SMILES string of the molecule is O=C1OCCCCCCCCOC1=O. The molecule has 0 spiro atoms. The topological polar surface area (TPSA) is 52.6 Å². The largest absolute Gasteiger partial charge is 0.457 e. The van der Waals surface area contributed by atoms with Crippen molar-refractivity contribution in [2.45, 2.75) is 38.5 Å². The first kappa shape index (κ1) is 11.0. The molecule has 80 valence electrons. The normalized spacial score (nSPS) is 21.4. The minimum absolute atomic E-state index is 0.327. The summed E-state index contributed by atoms with van der Waals surface area (Å²) < 4.78 is 9.43. The van der Waals surface area contributed by atoms with Gasteiger partial charge in [-0.1, -0.05) is 25.7 Å². The number of carbonyl (C=O) groups is 2. The lowest BCUT2D eigenvalue weighted by Crippen LogP contribution is -2.21. The maximum atomic E-state index is 10.9. The molecule has 1 aliphatic heterocycles. The lowest BCUT2D eigenvalue weighted by atomic mass is 10.1. The number of ether oxygens (including phenoxy) is 2. The van der Waals surface area contributed by atoms with E-state index in [2.05, 4.69) is 0 Å². The van der Waals surface area contributed by atoms with Gasteiger partial charge >= 0.3 is 11.9 Å². The highest BCUT2D eigenvalue weighted by Gasteiger charge is 2.16. The van der Waals surface area contributed by atoms with Gasteiger partial charge in [0, 0.05) is 0 Å². The van der Waals surface area contributed by atoms with Gasteiger partial charge in [0.2, 0.25) is 0 Å². The average Bonchev–Trinajstić information content (AvgIpc) is 2.18. The number of hydrogen-bond donors (Lipinski definition) is 0. The van der Waals surface area contributed by atoms with Gasteiger partial charge in [0.05, 0.1) is 13.2 Å². The second-order valence-corrected chi connectivity index (χ2v) is 3.39. The summed E-state index contributed by atoms with van der Waals surface area (Å²) >= 11 is 0. The summed E-state index contributed by atoms with van der Waals surface area (Å²) in [5.41, 5.74) is 0. The summed E-state index contributed by atoms with van der Waals surface area (Å²) in [4.78, 5) is 21.9. The van der Waals surface area contributed by atoms with Crippen LogP contribution in [0.1, 0.15) is 38.5 Å².